The first-order valence-corrected chi connectivity index (χ1v) is 6.10. The number of rotatable bonds is 5. The molecular formula is C13H20N2O. The first kappa shape index (κ1) is 11.3. The average Bonchev–Trinajstić information content (AvgIpc) is 2.34. The van der Waals surface area contributed by atoms with Crippen LogP contribution in [0.2, 0.25) is 0 Å². The van der Waals surface area contributed by atoms with E-state index in [1.54, 1.807) is 0 Å². The lowest BCUT2D eigenvalue weighted by Gasteiger charge is -2.27. The van der Waals surface area contributed by atoms with Crippen molar-refractivity contribution >= 4 is 5.69 Å². The van der Waals surface area contributed by atoms with Crippen molar-refractivity contribution < 1.29 is 4.74 Å². The maximum absolute atomic E-state index is 5.89. The van der Waals surface area contributed by atoms with Crippen molar-refractivity contribution in [3.8, 4) is 5.75 Å². The van der Waals surface area contributed by atoms with Gasteiger partial charge in [-0.2, -0.15) is 0 Å². The van der Waals surface area contributed by atoms with Crippen molar-refractivity contribution in [2.75, 3.05) is 25.0 Å². The molecule has 3 nitrogen and oxygen atoms in total. The lowest BCUT2D eigenvalue weighted by atomic mass is 10.2. The highest BCUT2D eigenvalue weighted by molar-refractivity contribution is 5.57. The van der Waals surface area contributed by atoms with Crippen LogP contribution < -0.4 is 15.4 Å². The quantitative estimate of drug-likeness (QED) is 0.747. The SMILES string of the molecule is CCCCNCC1CNc2ccccc2O1. The second-order valence-electron chi connectivity index (χ2n) is 4.17. The Kier molecular flexibility index (Phi) is 4.05. The topological polar surface area (TPSA) is 33.3 Å². The zero-order valence-corrected chi connectivity index (χ0v) is 9.83. The van der Waals surface area contributed by atoms with E-state index in [9.17, 15) is 0 Å². The van der Waals surface area contributed by atoms with Gasteiger partial charge in [-0.1, -0.05) is 25.5 Å². The molecule has 3 heteroatoms. The molecule has 0 radical (unpaired) electrons. The van der Waals surface area contributed by atoms with Crippen LogP contribution in [-0.4, -0.2) is 25.7 Å². The number of fused-ring (bicyclic) bond motifs is 1. The number of ether oxygens (including phenoxy) is 1. The molecule has 16 heavy (non-hydrogen) atoms. The molecule has 0 spiro atoms. The third-order valence-corrected chi connectivity index (χ3v) is 2.78. The van der Waals surface area contributed by atoms with Crippen molar-refractivity contribution in [3.63, 3.8) is 0 Å². The highest BCUT2D eigenvalue weighted by atomic mass is 16.5. The number of nitrogens with one attached hydrogen (secondary N) is 2. The van der Waals surface area contributed by atoms with Crippen LogP contribution in [0.15, 0.2) is 24.3 Å². The summed E-state index contributed by atoms with van der Waals surface area (Å²) in [5, 5.41) is 6.81. The standard InChI is InChI=1S/C13H20N2O/c1-2-3-8-14-9-11-10-15-12-6-4-5-7-13(12)16-11/h4-7,11,14-15H,2-3,8-10H2,1H3. The van der Waals surface area contributed by atoms with Crippen molar-refractivity contribution in [2.45, 2.75) is 25.9 Å². The summed E-state index contributed by atoms with van der Waals surface area (Å²) in [5.74, 6) is 0.969. The Bertz CT molecular complexity index is 327. The molecule has 0 aromatic heterocycles. The summed E-state index contributed by atoms with van der Waals surface area (Å²) in [7, 11) is 0. The number of unbranched alkanes of at least 4 members (excludes halogenated alkanes) is 1. The minimum atomic E-state index is 0.242. The van der Waals surface area contributed by atoms with Crippen LogP contribution in [0.5, 0.6) is 5.75 Å². The van der Waals surface area contributed by atoms with Gasteiger partial charge < -0.3 is 15.4 Å². The van der Waals surface area contributed by atoms with E-state index >= 15 is 0 Å². The molecule has 0 aliphatic carbocycles. The van der Waals surface area contributed by atoms with E-state index in [4.69, 9.17) is 4.74 Å². The van der Waals surface area contributed by atoms with E-state index < -0.39 is 0 Å². The largest absolute Gasteiger partial charge is 0.485 e. The zero-order chi connectivity index (χ0) is 11.2. The van der Waals surface area contributed by atoms with Gasteiger partial charge in [0.1, 0.15) is 11.9 Å². The molecule has 1 aliphatic heterocycles. The van der Waals surface area contributed by atoms with E-state index in [0.717, 1.165) is 31.1 Å². The summed E-state index contributed by atoms with van der Waals surface area (Å²) < 4.78 is 5.89. The summed E-state index contributed by atoms with van der Waals surface area (Å²) >= 11 is 0. The summed E-state index contributed by atoms with van der Waals surface area (Å²) in [5.41, 5.74) is 1.10. The predicted octanol–water partition coefficient (Wildman–Crippen LogP) is 2.25. The molecule has 1 aromatic rings. The Morgan fingerprint density at radius 2 is 2.31 bits per heavy atom. The van der Waals surface area contributed by atoms with Crippen LogP contribution in [0.25, 0.3) is 0 Å². The zero-order valence-electron chi connectivity index (χ0n) is 9.83. The molecule has 88 valence electrons. The molecule has 0 bridgehead atoms. The maximum atomic E-state index is 5.89. The number of anilines is 1. The summed E-state index contributed by atoms with van der Waals surface area (Å²) in [6.45, 7) is 5.09. The fourth-order valence-corrected chi connectivity index (χ4v) is 1.84. The fraction of sp³-hybridized carbons (Fsp3) is 0.538. The normalized spacial score (nSPS) is 18.4. The van der Waals surface area contributed by atoms with Crippen LogP contribution in [0.1, 0.15) is 19.8 Å². The summed E-state index contributed by atoms with van der Waals surface area (Å²) in [4.78, 5) is 0. The van der Waals surface area contributed by atoms with Crippen LogP contribution in [0, 0.1) is 0 Å². The van der Waals surface area contributed by atoms with Gasteiger partial charge in [-0.3, -0.25) is 0 Å². The van der Waals surface area contributed by atoms with E-state index in [0.29, 0.717) is 0 Å². The first-order valence-electron chi connectivity index (χ1n) is 6.10. The van der Waals surface area contributed by atoms with Gasteiger partial charge in [0.05, 0.1) is 12.2 Å². The van der Waals surface area contributed by atoms with E-state index in [2.05, 4.69) is 23.6 Å². The monoisotopic (exact) mass is 220 g/mol. The Labute approximate surface area is 97.2 Å². The third kappa shape index (κ3) is 2.89. The van der Waals surface area contributed by atoms with Crippen molar-refractivity contribution in [3.05, 3.63) is 24.3 Å². The van der Waals surface area contributed by atoms with Gasteiger partial charge in [0.2, 0.25) is 0 Å². The molecule has 0 saturated carbocycles. The average molecular weight is 220 g/mol. The molecule has 0 saturated heterocycles. The predicted molar refractivity (Wildman–Crippen MR) is 67.1 cm³/mol. The van der Waals surface area contributed by atoms with E-state index in [-0.39, 0.29) is 6.10 Å². The molecule has 1 heterocycles. The smallest absolute Gasteiger partial charge is 0.142 e. The molecule has 1 unspecified atom stereocenters. The van der Waals surface area contributed by atoms with Gasteiger partial charge in [-0.15, -0.1) is 0 Å². The summed E-state index contributed by atoms with van der Waals surface area (Å²) in [6, 6.07) is 8.10. The third-order valence-electron chi connectivity index (χ3n) is 2.78. The number of benzene rings is 1. The van der Waals surface area contributed by atoms with Gasteiger partial charge in [0.25, 0.3) is 0 Å². The van der Waals surface area contributed by atoms with E-state index in [1.165, 1.54) is 12.8 Å². The van der Waals surface area contributed by atoms with Crippen LogP contribution >= 0.6 is 0 Å². The van der Waals surface area contributed by atoms with Gasteiger partial charge in [-0.05, 0) is 25.1 Å². The first-order chi connectivity index (χ1) is 7.90. The highest BCUT2D eigenvalue weighted by Gasteiger charge is 2.17. The Hall–Kier alpha value is -1.22. The Balaban J connectivity index is 1.79. The minimum Gasteiger partial charge on any atom is -0.485 e. The molecule has 1 atom stereocenters. The molecule has 1 aliphatic rings. The molecule has 0 amide bonds. The second-order valence-corrected chi connectivity index (χ2v) is 4.17. The lowest BCUT2D eigenvalue weighted by Crippen LogP contribution is -2.39. The van der Waals surface area contributed by atoms with Crippen molar-refractivity contribution in [1.29, 1.82) is 0 Å². The Morgan fingerprint density at radius 1 is 1.44 bits per heavy atom. The Morgan fingerprint density at radius 3 is 3.19 bits per heavy atom. The van der Waals surface area contributed by atoms with Crippen LogP contribution in [-0.2, 0) is 0 Å². The molecular weight excluding hydrogens is 200 g/mol. The van der Waals surface area contributed by atoms with Gasteiger partial charge in [0, 0.05) is 6.54 Å². The lowest BCUT2D eigenvalue weighted by molar-refractivity contribution is 0.202. The maximum Gasteiger partial charge on any atom is 0.142 e. The molecule has 0 fully saturated rings. The number of hydrogen-bond acceptors (Lipinski definition) is 3. The van der Waals surface area contributed by atoms with Gasteiger partial charge in [-0.25, -0.2) is 0 Å². The van der Waals surface area contributed by atoms with Gasteiger partial charge in [0.15, 0.2) is 0 Å². The number of para-hydroxylation sites is 2. The van der Waals surface area contributed by atoms with Crippen molar-refractivity contribution in [1.82, 2.24) is 5.32 Å². The molecule has 2 rings (SSSR count). The van der Waals surface area contributed by atoms with Crippen LogP contribution in [0.3, 0.4) is 0 Å². The molecule has 1 aromatic carbocycles. The summed E-state index contributed by atoms with van der Waals surface area (Å²) in [6.07, 6.45) is 2.71. The van der Waals surface area contributed by atoms with Crippen molar-refractivity contribution in [2.24, 2.45) is 0 Å². The van der Waals surface area contributed by atoms with E-state index in [1.807, 2.05) is 18.2 Å². The second kappa shape index (κ2) is 5.75. The fourth-order valence-electron chi connectivity index (χ4n) is 1.84. The number of hydrogen-bond donors (Lipinski definition) is 2. The van der Waals surface area contributed by atoms with Crippen LogP contribution in [0.4, 0.5) is 5.69 Å². The van der Waals surface area contributed by atoms with Gasteiger partial charge >= 0.3 is 0 Å². The minimum absolute atomic E-state index is 0.242. The highest BCUT2D eigenvalue weighted by Crippen LogP contribution is 2.27. The molecule has 2 N–H and O–H groups in total.